The van der Waals surface area contributed by atoms with Crippen LogP contribution in [0.15, 0.2) is 0 Å². The summed E-state index contributed by atoms with van der Waals surface area (Å²) in [5, 5.41) is 18.3. The Bertz CT molecular complexity index is 165. The van der Waals surface area contributed by atoms with Gasteiger partial charge < -0.3 is 14.7 Å². The van der Waals surface area contributed by atoms with Gasteiger partial charge in [-0.25, -0.2) is 0 Å². The van der Waals surface area contributed by atoms with Gasteiger partial charge in [-0.15, -0.1) is 0 Å². The first-order valence-electron chi connectivity index (χ1n) is 5.10. The maximum absolute atomic E-state index is 9.44. The van der Waals surface area contributed by atoms with Gasteiger partial charge in [0.15, 0.2) is 0 Å². The Morgan fingerprint density at radius 3 is 2.15 bits per heavy atom. The molecule has 76 valence electrons. The minimum Gasteiger partial charge on any atom is -0.393 e. The smallest absolute Gasteiger partial charge is 0.126 e. The summed E-state index contributed by atoms with van der Waals surface area (Å²) >= 11 is 0. The van der Waals surface area contributed by atoms with E-state index in [1.165, 1.54) is 0 Å². The van der Waals surface area contributed by atoms with Crippen LogP contribution in [-0.2, 0) is 0 Å². The maximum atomic E-state index is 9.44. The molecule has 0 radical (unpaired) electrons. The topological polar surface area (TPSA) is 43.7 Å². The lowest BCUT2D eigenvalue weighted by molar-refractivity contribution is -0.943. The molecule has 13 heavy (non-hydrogen) atoms. The molecule has 3 saturated heterocycles. The Morgan fingerprint density at radius 1 is 1.15 bits per heavy atom. The predicted molar refractivity (Wildman–Crippen MR) is 49.3 cm³/mol. The summed E-state index contributed by atoms with van der Waals surface area (Å²) < 4.78 is 1.03. The predicted octanol–water partition coefficient (Wildman–Crippen LogP) is -1.51. The van der Waals surface area contributed by atoms with Crippen molar-refractivity contribution >= 4 is 0 Å². The molecule has 0 amide bonds. The van der Waals surface area contributed by atoms with E-state index in [0.29, 0.717) is 0 Å². The van der Waals surface area contributed by atoms with E-state index in [4.69, 9.17) is 5.11 Å². The van der Waals surface area contributed by atoms with Crippen molar-refractivity contribution in [2.24, 2.45) is 0 Å². The molecular weight excluding hydrogens is 168 g/mol. The van der Waals surface area contributed by atoms with Crippen LogP contribution in [0.5, 0.6) is 0 Å². The van der Waals surface area contributed by atoms with Crippen molar-refractivity contribution in [1.82, 2.24) is 4.90 Å². The van der Waals surface area contributed by atoms with Crippen molar-refractivity contribution in [1.29, 1.82) is 0 Å². The van der Waals surface area contributed by atoms with E-state index in [1.807, 2.05) is 0 Å². The molecule has 3 heterocycles. The van der Waals surface area contributed by atoms with E-state index in [1.54, 1.807) is 0 Å². The Hall–Kier alpha value is -0.160. The number of aliphatic hydroxyl groups is 2. The average Bonchev–Trinajstić information content (AvgIpc) is 2.20. The van der Waals surface area contributed by atoms with Crippen LogP contribution in [0.4, 0.5) is 0 Å². The van der Waals surface area contributed by atoms with Crippen LogP contribution < -0.4 is 0 Å². The highest BCUT2D eigenvalue weighted by Gasteiger charge is 2.39. The van der Waals surface area contributed by atoms with Gasteiger partial charge in [0, 0.05) is 19.6 Å². The summed E-state index contributed by atoms with van der Waals surface area (Å²) in [5.41, 5.74) is 0. The van der Waals surface area contributed by atoms with Crippen LogP contribution in [0.25, 0.3) is 0 Å². The molecule has 0 saturated carbocycles. The zero-order valence-electron chi connectivity index (χ0n) is 8.02. The molecule has 4 heteroatoms. The third kappa shape index (κ3) is 1.86. The van der Waals surface area contributed by atoms with Gasteiger partial charge in [0.2, 0.25) is 0 Å². The van der Waals surface area contributed by atoms with Crippen LogP contribution in [0.3, 0.4) is 0 Å². The van der Waals surface area contributed by atoms with E-state index in [0.717, 1.165) is 50.3 Å². The van der Waals surface area contributed by atoms with E-state index < -0.39 is 6.10 Å². The number of hydrogen-bond acceptors (Lipinski definition) is 3. The first-order chi connectivity index (χ1) is 6.24. The first-order valence-corrected chi connectivity index (χ1v) is 5.10. The fourth-order valence-electron chi connectivity index (χ4n) is 2.51. The zero-order chi connectivity index (χ0) is 9.31. The highest BCUT2D eigenvalue weighted by Crippen LogP contribution is 2.19. The third-order valence-electron chi connectivity index (χ3n) is 3.48. The Kier molecular flexibility index (Phi) is 2.55. The molecule has 3 fully saturated rings. The van der Waals surface area contributed by atoms with Gasteiger partial charge >= 0.3 is 0 Å². The van der Waals surface area contributed by atoms with Crippen molar-refractivity contribution in [3.63, 3.8) is 0 Å². The lowest BCUT2D eigenvalue weighted by atomic mass is 10.1. The summed E-state index contributed by atoms with van der Waals surface area (Å²) in [7, 11) is 0. The molecule has 0 aliphatic carbocycles. The average molecular weight is 187 g/mol. The van der Waals surface area contributed by atoms with Gasteiger partial charge in [-0.1, -0.05) is 0 Å². The lowest BCUT2D eigenvalue weighted by Gasteiger charge is -2.51. The second kappa shape index (κ2) is 3.53. The van der Waals surface area contributed by atoms with Crippen LogP contribution in [-0.4, -0.2) is 78.1 Å². The van der Waals surface area contributed by atoms with Crippen molar-refractivity contribution in [2.45, 2.75) is 6.10 Å². The molecular formula is C9H19N2O2+. The third-order valence-corrected chi connectivity index (χ3v) is 3.48. The number of nitrogens with zero attached hydrogens (tertiary/aromatic N) is 2. The van der Waals surface area contributed by atoms with E-state index in [9.17, 15) is 5.11 Å². The lowest BCUT2D eigenvalue weighted by Crippen LogP contribution is -2.69. The zero-order valence-corrected chi connectivity index (χ0v) is 8.02. The molecule has 1 unspecified atom stereocenters. The number of quaternary nitrogens is 1. The van der Waals surface area contributed by atoms with Crippen molar-refractivity contribution in [2.75, 3.05) is 52.4 Å². The van der Waals surface area contributed by atoms with Gasteiger partial charge in [0.05, 0.1) is 26.2 Å². The van der Waals surface area contributed by atoms with Crippen molar-refractivity contribution in [3.05, 3.63) is 0 Å². The molecule has 0 aromatic heterocycles. The van der Waals surface area contributed by atoms with Gasteiger partial charge in [-0.05, 0) is 0 Å². The molecule has 0 spiro atoms. The fourth-order valence-corrected chi connectivity index (χ4v) is 2.51. The summed E-state index contributed by atoms with van der Waals surface area (Å²) in [4.78, 5) is 2.48. The molecule has 0 aromatic rings. The minimum atomic E-state index is -0.523. The van der Waals surface area contributed by atoms with Gasteiger partial charge in [0.1, 0.15) is 12.6 Å². The maximum Gasteiger partial charge on any atom is 0.126 e. The number of fused-ring (bicyclic) bond motifs is 3. The van der Waals surface area contributed by atoms with E-state index in [-0.39, 0.29) is 6.61 Å². The normalized spacial score (nSPS) is 40.6. The molecule has 4 nitrogen and oxygen atoms in total. The number of rotatable bonds is 3. The highest BCUT2D eigenvalue weighted by molar-refractivity contribution is 4.72. The van der Waals surface area contributed by atoms with Crippen LogP contribution in [0, 0.1) is 0 Å². The highest BCUT2D eigenvalue weighted by atomic mass is 16.3. The molecule has 3 aliphatic heterocycles. The van der Waals surface area contributed by atoms with E-state index in [2.05, 4.69) is 4.90 Å². The Balaban J connectivity index is 1.94. The van der Waals surface area contributed by atoms with Gasteiger partial charge in [-0.2, -0.15) is 0 Å². The van der Waals surface area contributed by atoms with Gasteiger partial charge in [-0.3, -0.25) is 4.90 Å². The molecule has 2 bridgehead atoms. The number of aliphatic hydroxyl groups excluding tert-OH is 2. The SMILES string of the molecule is OCC(O)C[N+]12CCN(CC1)CC2. The summed E-state index contributed by atoms with van der Waals surface area (Å²) in [6.45, 7) is 7.59. The Morgan fingerprint density at radius 2 is 1.69 bits per heavy atom. The number of piperazine rings is 3. The molecule has 3 rings (SSSR count). The second-order valence-electron chi connectivity index (χ2n) is 4.37. The van der Waals surface area contributed by atoms with Crippen LogP contribution in [0.2, 0.25) is 0 Å². The van der Waals surface area contributed by atoms with Crippen LogP contribution >= 0.6 is 0 Å². The van der Waals surface area contributed by atoms with Crippen LogP contribution in [0.1, 0.15) is 0 Å². The molecule has 3 aliphatic rings. The van der Waals surface area contributed by atoms with Crippen molar-refractivity contribution < 1.29 is 14.7 Å². The molecule has 0 aromatic carbocycles. The number of hydrogen-bond donors (Lipinski definition) is 2. The minimum absolute atomic E-state index is 0.0935. The monoisotopic (exact) mass is 187 g/mol. The summed E-state index contributed by atoms with van der Waals surface area (Å²) in [6.07, 6.45) is -0.523. The quantitative estimate of drug-likeness (QED) is 0.528. The summed E-state index contributed by atoms with van der Waals surface area (Å²) in [6, 6.07) is 0. The Labute approximate surface area is 79.0 Å². The van der Waals surface area contributed by atoms with Crippen molar-refractivity contribution in [3.8, 4) is 0 Å². The van der Waals surface area contributed by atoms with Gasteiger partial charge in [0.25, 0.3) is 0 Å². The summed E-state index contributed by atoms with van der Waals surface area (Å²) in [5.74, 6) is 0. The largest absolute Gasteiger partial charge is 0.393 e. The molecule has 2 N–H and O–H groups in total. The fraction of sp³-hybridized carbons (Fsp3) is 1.00. The first kappa shape index (κ1) is 9.40. The van der Waals surface area contributed by atoms with E-state index >= 15 is 0 Å². The second-order valence-corrected chi connectivity index (χ2v) is 4.37. The standard InChI is InChI=1S/C9H19N2O2/c12-8-9(13)7-11-4-1-10(2-5-11)3-6-11/h9,12-13H,1-8H2/q+1. The molecule has 1 atom stereocenters.